The number of carboxylic acid groups (broad SMARTS) is 1. The number of ether oxygens (including phenoxy) is 1. The minimum absolute atomic E-state index is 0.00402. The zero-order chi connectivity index (χ0) is 29.5. The van der Waals surface area contributed by atoms with E-state index in [4.69, 9.17) is 5.11 Å². The summed E-state index contributed by atoms with van der Waals surface area (Å²) in [6, 6.07) is 15.5. The van der Waals surface area contributed by atoms with Crippen molar-refractivity contribution >= 4 is 28.4 Å². The average molecular weight is 569 g/mol. The molecule has 0 radical (unpaired) electrons. The number of benzene rings is 4. The van der Waals surface area contributed by atoms with Crippen LogP contribution in [0.1, 0.15) is 5.56 Å². The van der Waals surface area contributed by atoms with Crippen LogP contribution in [0.15, 0.2) is 89.1 Å². The number of aromatic nitrogens is 1. The van der Waals surface area contributed by atoms with Crippen LogP contribution in [0.5, 0.6) is 17.4 Å². The SMILES string of the molecule is O=C(O)Oc1cccc(-c2cccc(N=Nc3c(O)n(-c4ccc(F)c(C(F)(F)F)c4)c4ccc(F)cc34)c2O)c1. The number of phenols is 1. The first-order valence-corrected chi connectivity index (χ1v) is 11.6. The van der Waals surface area contributed by atoms with Gasteiger partial charge < -0.3 is 20.1 Å². The first-order chi connectivity index (χ1) is 19.4. The number of halogens is 5. The summed E-state index contributed by atoms with van der Waals surface area (Å²) in [7, 11) is 0. The molecule has 0 spiro atoms. The third-order valence-corrected chi connectivity index (χ3v) is 6.01. The third kappa shape index (κ3) is 5.24. The van der Waals surface area contributed by atoms with Gasteiger partial charge >= 0.3 is 12.3 Å². The van der Waals surface area contributed by atoms with E-state index in [1.165, 1.54) is 42.5 Å². The van der Waals surface area contributed by atoms with Crippen molar-refractivity contribution in [1.82, 2.24) is 4.57 Å². The highest BCUT2D eigenvalue weighted by atomic mass is 19.4. The van der Waals surface area contributed by atoms with Crippen molar-refractivity contribution in [2.24, 2.45) is 10.2 Å². The molecule has 5 rings (SSSR count). The summed E-state index contributed by atoms with van der Waals surface area (Å²) in [4.78, 5) is 10.9. The van der Waals surface area contributed by atoms with Crippen molar-refractivity contribution in [2.75, 3.05) is 0 Å². The Morgan fingerprint density at radius 3 is 2.37 bits per heavy atom. The summed E-state index contributed by atoms with van der Waals surface area (Å²) < 4.78 is 73.7. The Balaban J connectivity index is 1.61. The van der Waals surface area contributed by atoms with E-state index < -0.39 is 35.4 Å². The molecule has 1 heterocycles. The topological polar surface area (TPSA) is 117 Å². The predicted molar refractivity (Wildman–Crippen MR) is 136 cm³/mol. The van der Waals surface area contributed by atoms with E-state index in [1.54, 1.807) is 6.07 Å². The van der Waals surface area contributed by atoms with Gasteiger partial charge in [-0.25, -0.2) is 13.6 Å². The Labute approximate surface area is 226 Å². The van der Waals surface area contributed by atoms with Gasteiger partial charge in [0, 0.05) is 16.6 Å². The first-order valence-electron chi connectivity index (χ1n) is 11.6. The maximum Gasteiger partial charge on any atom is 0.511 e. The summed E-state index contributed by atoms with van der Waals surface area (Å²) in [5.74, 6) is -3.36. The first kappa shape index (κ1) is 27.1. The zero-order valence-electron chi connectivity index (χ0n) is 20.4. The molecule has 0 unspecified atom stereocenters. The second-order valence-electron chi connectivity index (χ2n) is 8.60. The summed E-state index contributed by atoms with van der Waals surface area (Å²) in [5, 5.41) is 38.6. The van der Waals surface area contributed by atoms with E-state index in [9.17, 15) is 37.0 Å². The molecule has 41 heavy (non-hydrogen) atoms. The second-order valence-corrected chi connectivity index (χ2v) is 8.60. The van der Waals surface area contributed by atoms with Crippen LogP contribution >= 0.6 is 0 Å². The number of rotatable bonds is 5. The maximum atomic E-state index is 14.2. The molecule has 5 aromatic rings. The highest BCUT2D eigenvalue weighted by Gasteiger charge is 2.35. The Kier molecular flexibility index (Phi) is 6.79. The number of phenolic OH excluding ortho intramolecular Hbond substituents is 1. The molecular formula is C28H16F5N3O5. The molecule has 8 nitrogen and oxygen atoms in total. The van der Waals surface area contributed by atoms with Gasteiger partial charge in [-0.2, -0.15) is 13.2 Å². The van der Waals surface area contributed by atoms with Crippen molar-refractivity contribution in [3.8, 4) is 34.2 Å². The number of carbonyl (C=O) groups is 1. The van der Waals surface area contributed by atoms with E-state index in [0.29, 0.717) is 17.7 Å². The Morgan fingerprint density at radius 2 is 1.63 bits per heavy atom. The fourth-order valence-electron chi connectivity index (χ4n) is 4.24. The molecule has 3 N–H and O–H groups in total. The minimum Gasteiger partial charge on any atom is -0.505 e. The molecule has 13 heteroatoms. The Bertz CT molecular complexity index is 1850. The summed E-state index contributed by atoms with van der Waals surface area (Å²) in [5.41, 5.74) is -1.64. The molecule has 1 aromatic heterocycles. The van der Waals surface area contributed by atoms with Gasteiger partial charge in [-0.3, -0.25) is 4.57 Å². The molecule has 4 aromatic carbocycles. The number of fused-ring (bicyclic) bond motifs is 1. The van der Waals surface area contributed by atoms with Gasteiger partial charge in [-0.1, -0.05) is 24.3 Å². The van der Waals surface area contributed by atoms with Crippen LogP contribution in [0.2, 0.25) is 0 Å². The lowest BCUT2D eigenvalue weighted by Crippen LogP contribution is -2.09. The van der Waals surface area contributed by atoms with Crippen LogP contribution < -0.4 is 4.74 Å². The average Bonchev–Trinajstić information content (AvgIpc) is 3.17. The summed E-state index contributed by atoms with van der Waals surface area (Å²) >= 11 is 0. The molecule has 0 bridgehead atoms. The quantitative estimate of drug-likeness (QED) is 0.0850. The van der Waals surface area contributed by atoms with Crippen LogP contribution in [0, 0.1) is 11.6 Å². The molecule has 0 aliphatic heterocycles. The van der Waals surface area contributed by atoms with Gasteiger partial charge in [0.1, 0.15) is 23.1 Å². The van der Waals surface area contributed by atoms with Gasteiger partial charge in [-0.15, -0.1) is 10.2 Å². The third-order valence-electron chi connectivity index (χ3n) is 6.01. The van der Waals surface area contributed by atoms with E-state index >= 15 is 0 Å². The van der Waals surface area contributed by atoms with Gasteiger partial charge in [0.05, 0.1) is 11.1 Å². The lowest BCUT2D eigenvalue weighted by Gasteiger charge is -2.12. The van der Waals surface area contributed by atoms with Crippen LogP contribution in [-0.4, -0.2) is 26.0 Å². The second kappa shape index (κ2) is 10.3. The largest absolute Gasteiger partial charge is 0.511 e. The molecule has 0 fully saturated rings. The fraction of sp³-hybridized carbons (Fsp3) is 0.0357. The fourth-order valence-corrected chi connectivity index (χ4v) is 4.24. The number of aromatic hydroxyl groups is 2. The monoisotopic (exact) mass is 569 g/mol. The van der Waals surface area contributed by atoms with Gasteiger partial charge in [-0.05, 0) is 60.2 Å². The van der Waals surface area contributed by atoms with Crippen molar-refractivity contribution in [3.05, 3.63) is 96.1 Å². The van der Waals surface area contributed by atoms with E-state index in [2.05, 4.69) is 15.0 Å². The Hall–Kier alpha value is -5.46. The van der Waals surface area contributed by atoms with Gasteiger partial charge in [0.15, 0.2) is 11.4 Å². The van der Waals surface area contributed by atoms with E-state index in [1.807, 2.05) is 0 Å². The normalized spacial score (nSPS) is 11.8. The molecule has 0 atom stereocenters. The molecule has 0 aliphatic carbocycles. The molecule has 0 aliphatic rings. The Morgan fingerprint density at radius 1 is 0.878 bits per heavy atom. The smallest absolute Gasteiger partial charge is 0.505 e. The van der Waals surface area contributed by atoms with Gasteiger partial charge in [0.2, 0.25) is 5.88 Å². The van der Waals surface area contributed by atoms with Crippen molar-refractivity contribution in [3.63, 3.8) is 0 Å². The number of azo groups is 1. The summed E-state index contributed by atoms with van der Waals surface area (Å²) in [6.07, 6.45) is -6.55. The van der Waals surface area contributed by atoms with Crippen LogP contribution in [0.4, 0.5) is 38.1 Å². The zero-order valence-corrected chi connectivity index (χ0v) is 20.4. The minimum atomic E-state index is -5.02. The number of para-hydroxylation sites is 1. The standard InChI is InChI=1S/C28H16F5N3O5/c29-15-7-10-23-19(12-15)24(26(38)36(23)16-8-9-21(30)20(13-16)28(31,32)33)35-34-22-6-2-5-18(25(22)37)14-3-1-4-17(11-14)41-27(39)40/h1-13,37-38H,(H,39,40). The maximum absolute atomic E-state index is 14.2. The highest BCUT2D eigenvalue weighted by molar-refractivity contribution is 5.96. The molecule has 0 saturated carbocycles. The van der Waals surface area contributed by atoms with Crippen molar-refractivity contribution in [2.45, 2.75) is 6.18 Å². The van der Waals surface area contributed by atoms with Crippen LogP contribution in [-0.2, 0) is 6.18 Å². The molecule has 0 amide bonds. The highest BCUT2D eigenvalue weighted by Crippen LogP contribution is 2.44. The van der Waals surface area contributed by atoms with Crippen molar-refractivity contribution in [1.29, 1.82) is 0 Å². The lowest BCUT2D eigenvalue weighted by atomic mass is 10.0. The van der Waals surface area contributed by atoms with E-state index in [0.717, 1.165) is 22.8 Å². The van der Waals surface area contributed by atoms with E-state index in [-0.39, 0.29) is 45.0 Å². The van der Waals surface area contributed by atoms with Gasteiger partial charge in [0.25, 0.3) is 0 Å². The predicted octanol–water partition coefficient (Wildman–Crippen LogP) is 8.48. The number of hydrogen-bond donors (Lipinski definition) is 3. The molecule has 208 valence electrons. The summed E-state index contributed by atoms with van der Waals surface area (Å²) in [6.45, 7) is 0. The molecule has 0 saturated heterocycles. The number of hydrogen-bond acceptors (Lipinski definition) is 6. The lowest BCUT2D eigenvalue weighted by molar-refractivity contribution is -0.140. The van der Waals surface area contributed by atoms with Crippen LogP contribution in [0.3, 0.4) is 0 Å². The number of nitrogens with zero attached hydrogens (tertiary/aromatic N) is 3. The number of alkyl halides is 3. The van der Waals surface area contributed by atoms with Crippen LogP contribution in [0.25, 0.3) is 27.7 Å². The van der Waals surface area contributed by atoms with Crippen molar-refractivity contribution < 1.29 is 46.8 Å². The molecular weight excluding hydrogens is 553 g/mol.